The predicted octanol–water partition coefficient (Wildman–Crippen LogP) is 1.65. The Morgan fingerprint density at radius 3 is 2.81 bits per heavy atom. The molecule has 2 rings (SSSR count). The quantitative estimate of drug-likeness (QED) is 0.920. The van der Waals surface area contributed by atoms with Gasteiger partial charge in [0, 0.05) is 25.7 Å². The number of aromatic nitrogens is 2. The molecule has 1 aromatic heterocycles. The molecule has 1 atom stereocenters. The molecule has 0 bridgehead atoms. The molecule has 5 nitrogen and oxygen atoms in total. The number of carbonyl (C=O) groups is 1. The van der Waals surface area contributed by atoms with Crippen molar-refractivity contribution in [2.75, 3.05) is 19.6 Å². The number of hydrogen-bond acceptors (Lipinski definition) is 3. The molecule has 0 aromatic carbocycles. The second-order valence-electron chi connectivity index (χ2n) is 5.17. The summed E-state index contributed by atoms with van der Waals surface area (Å²) in [6.07, 6.45) is -2.44. The molecule has 1 aliphatic heterocycles. The Kier molecular flexibility index (Phi) is 4.55. The maximum absolute atomic E-state index is 12.7. The molecule has 1 amide bonds. The van der Waals surface area contributed by atoms with Crippen molar-refractivity contribution in [3.8, 4) is 0 Å². The van der Waals surface area contributed by atoms with Crippen LogP contribution in [0.15, 0.2) is 6.07 Å². The van der Waals surface area contributed by atoms with E-state index in [1.807, 2.05) is 0 Å². The maximum Gasteiger partial charge on any atom is 0.433 e. The average Bonchev–Trinajstić information content (AvgIpc) is 3.00. The number of likely N-dealkylation sites (N-methyl/N-ethyl adjacent to an activating group) is 1. The second kappa shape index (κ2) is 6.05. The number of nitrogens with one attached hydrogen (secondary N) is 1. The highest BCUT2D eigenvalue weighted by Gasteiger charge is 2.35. The third-order valence-corrected chi connectivity index (χ3v) is 3.81. The van der Waals surface area contributed by atoms with Crippen LogP contribution in [0.1, 0.15) is 35.9 Å². The number of carbonyl (C=O) groups excluding carboxylic acids is 1. The smallest absolute Gasteiger partial charge is 0.349 e. The van der Waals surface area contributed by atoms with E-state index in [1.165, 1.54) is 7.05 Å². The van der Waals surface area contributed by atoms with E-state index in [2.05, 4.69) is 22.2 Å². The first-order chi connectivity index (χ1) is 9.82. The van der Waals surface area contributed by atoms with Crippen molar-refractivity contribution >= 4 is 5.91 Å². The fourth-order valence-electron chi connectivity index (χ4n) is 2.69. The molecular formula is C13H19F3N4O. The fourth-order valence-corrected chi connectivity index (χ4v) is 2.69. The minimum atomic E-state index is -4.51. The Morgan fingerprint density at radius 2 is 2.24 bits per heavy atom. The van der Waals surface area contributed by atoms with Gasteiger partial charge in [-0.1, -0.05) is 6.92 Å². The van der Waals surface area contributed by atoms with Gasteiger partial charge in [-0.15, -0.1) is 0 Å². The van der Waals surface area contributed by atoms with E-state index >= 15 is 0 Å². The van der Waals surface area contributed by atoms with E-state index in [0.29, 0.717) is 11.2 Å². The summed E-state index contributed by atoms with van der Waals surface area (Å²) in [6.45, 7) is 4.39. The largest absolute Gasteiger partial charge is 0.433 e. The number of alkyl halides is 3. The summed E-state index contributed by atoms with van der Waals surface area (Å²) in [5, 5.41) is 6.31. The predicted molar refractivity (Wildman–Crippen MR) is 70.8 cm³/mol. The Balaban J connectivity index is 1.98. The molecule has 1 aliphatic rings. The Labute approximate surface area is 121 Å². The zero-order valence-electron chi connectivity index (χ0n) is 12.1. The highest BCUT2D eigenvalue weighted by Crippen LogP contribution is 2.29. The third-order valence-electron chi connectivity index (χ3n) is 3.81. The van der Waals surface area contributed by atoms with Crippen molar-refractivity contribution in [1.82, 2.24) is 20.0 Å². The Morgan fingerprint density at radius 1 is 1.52 bits per heavy atom. The summed E-state index contributed by atoms with van der Waals surface area (Å²) in [7, 11) is 1.18. The van der Waals surface area contributed by atoms with Gasteiger partial charge in [0.2, 0.25) is 0 Å². The van der Waals surface area contributed by atoms with Crippen LogP contribution in [0.3, 0.4) is 0 Å². The van der Waals surface area contributed by atoms with Gasteiger partial charge in [0.05, 0.1) is 0 Å². The van der Waals surface area contributed by atoms with E-state index in [1.54, 1.807) is 0 Å². The summed E-state index contributed by atoms with van der Waals surface area (Å²) >= 11 is 0. The summed E-state index contributed by atoms with van der Waals surface area (Å²) in [6, 6.07) is 1.03. The zero-order chi connectivity index (χ0) is 15.6. The van der Waals surface area contributed by atoms with Gasteiger partial charge in [0.1, 0.15) is 5.69 Å². The van der Waals surface area contributed by atoms with Gasteiger partial charge in [-0.25, -0.2) is 0 Å². The molecule has 8 heteroatoms. The maximum atomic E-state index is 12.7. The lowest BCUT2D eigenvalue weighted by Crippen LogP contribution is -2.40. The molecule has 0 spiro atoms. The van der Waals surface area contributed by atoms with Crippen LogP contribution in [0.2, 0.25) is 0 Å². The van der Waals surface area contributed by atoms with Crippen molar-refractivity contribution in [3.05, 3.63) is 17.5 Å². The number of likely N-dealkylation sites (tertiary alicyclic amines) is 1. The number of halogens is 3. The van der Waals surface area contributed by atoms with Crippen LogP contribution < -0.4 is 5.32 Å². The fraction of sp³-hybridized carbons (Fsp3) is 0.692. The van der Waals surface area contributed by atoms with Crippen molar-refractivity contribution in [1.29, 1.82) is 0 Å². The Bertz CT molecular complexity index is 512. The monoisotopic (exact) mass is 304 g/mol. The normalized spacial score (nSPS) is 20.0. The third kappa shape index (κ3) is 3.55. The van der Waals surface area contributed by atoms with Crippen LogP contribution in [0.5, 0.6) is 0 Å². The van der Waals surface area contributed by atoms with E-state index in [4.69, 9.17) is 0 Å². The molecule has 0 radical (unpaired) electrons. The lowest BCUT2D eigenvalue weighted by molar-refractivity contribution is -0.143. The van der Waals surface area contributed by atoms with Crippen LogP contribution in [0, 0.1) is 0 Å². The second-order valence-corrected chi connectivity index (χ2v) is 5.17. The minimum absolute atomic E-state index is 0.203. The SMILES string of the molecule is CCN1CCC[C@@H]1CNC(=O)c1cc(C(F)(F)F)n(C)n1. The molecule has 21 heavy (non-hydrogen) atoms. The zero-order valence-corrected chi connectivity index (χ0v) is 12.1. The van der Waals surface area contributed by atoms with Gasteiger partial charge in [-0.3, -0.25) is 14.4 Å². The highest BCUT2D eigenvalue weighted by molar-refractivity contribution is 5.92. The first-order valence-corrected chi connectivity index (χ1v) is 6.96. The minimum Gasteiger partial charge on any atom is -0.349 e. The van der Waals surface area contributed by atoms with Crippen molar-refractivity contribution in [3.63, 3.8) is 0 Å². The molecular weight excluding hydrogens is 285 g/mol. The summed E-state index contributed by atoms with van der Waals surface area (Å²) < 4.78 is 38.6. The van der Waals surface area contributed by atoms with Gasteiger partial charge in [0.15, 0.2) is 5.69 Å². The summed E-state index contributed by atoms with van der Waals surface area (Å²) in [5.74, 6) is -0.566. The molecule has 1 fully saturated rings. The van der Waals surface area contributed by atoms with Crippen LogP contribution in [0.25, 0.3) is 0 Å². The standard InChI is InChI=1S/C13H19F3N4O/c1-3-20-6-4-5-9(20)8-17-12(21)10-7-11(13(14,15)16)19(2)18-10/h7,9H,3-6,8H2,1-2H3,(H,17,21)/t9-/m1/s1. The number of amides is 1. The van der Waals surface area contributed by atoms with Crippen LogP contribution in [0.4, 0.5) is 13.2 Å². The van der Waals surface area contributed by atoms with Crippen molar-refractivity contribution < 1.29 is 18.0 Å². The topological polar surface area (TPSA) is 50.2 Å². The highest BCUT2D eigenvalue weighted by atomic mass is 19.4. The average molecular weight is 304 g/mol. The van der Waals surface area contributed by atoms with Crippen molar-refractivity contribution in [2.45, 2.75) is 32.0 Å². The molecule has 0 aliphatic carbocycles. The molecule has 0 unspecified atom stereocenters. The summed E-state index contributed by atoms with van der Waals surface area (Å²) in [4.78, 5) is 14.2. The molecule has 1 N–H and O–H groups in total. The van der Waals surface area contributed by atoms with E-state index in [0.717, 1.165) is 32.0 Å². The van der Waals surface area contributed by atoms with E-state index in [-0.39, 0.29) is 11.7 Å². The van der Waals surface area contributed by atoms with Crippen molar-refractivity contribution in [2.24, 2.45) is 7.05 Å². The number of aryl methyl sites for hydroxylation is 1. The van der Waals surface area contributed by atoms with Gasteiger partial charge in [0.25, 0.3) is 5.91 Å². The van der Waals surface area contributed by atoms with Gasteiger partial charge in [-0.2, -0.15) is 18.3 Å². The van der Waals surface area contributed by atoms with Crippen LogP contribution >= 0.6 is 0 Å². The summed E-state index contributed by atoms with van der Waals surface area (Å²) in [5.41, 5.74) is -1.13. The van der Waals surface area contributed by atoms with E-state index in [9.17, 15) is 18.0 Å². The van der Waals surface area contributed by atoms with Gasteiger partial charge < -0.3 is 5.32 Å². The first kappa shape index (κ1) is 15.8. The molecule has 118 valence electrons. The van der Waals surface area contributed by atoms with Crippen LogP contribution in [-0.2, 0) is 13.2 Å². The van der Waals surface area contributed by atoms with Gasteiger partial charge in [-0.05, 0) is 25.9 Å². The lowest BCUT2D eigenvalue weighted by atomic mass is 10.2. The lowest BCUT2D eigenvalue weighted by Gasteiger charge is -2.22. The van der Waals surface area contributed by atoms with Crippen LogP contribution in [-0.4, -0.2) is 46.3 Å². The van der Waals surface area contributed by atoms with Gasteiger partial charge >= 0.3 is 6.18 Å². The molecule has 0 saturated carbocycles. The first-order valence-electron chi connectivity index (χ1n) is 6.96. The molecule has 1 saturated heterocycles. The van der Waals surface area contributed by atoms with E-state index < -0.39 is 17.8 Å². The number of rotatable bonds is 4. The Hall–Kier alpha value is -1.57. The molecule has 2 heterocycles. The number of nitrogens with zero attached hydrogens (tertiary/aromatic N) is 3. The number of hydrogen-bond donors (Lipinski definition) is 1. The molecule has 1 aromatic rings.